The first-order chi connectivity index (χ1) is 10.5. The zero-order valence-electron chi connectivity index (χ0n) is 13.0. The largest absolute Gasteiger partial charge is 0.346 e. The number of anilines is 1. The van der Waals surface area contributed by atoms with E-state index in [0.29, 0.717) is 11.3 Å². The standard InChI is InChI=1S/C18H20N2O2/c1-12-6-4-5-7-17(12)13(2)19-18(22)15-8-10-16(11-9-15)20-14(3)21/h4-11,13H,1-3H3,(H,19,22)(H,20,21)/t13-/m1/s1. The van der Waals surface area contributed by atoms with Gasteiger partial charge in [0.2, 0.25) is 5.91 Å². The molecule has 2 aromatic rings. The summed E-state index contributed by atoms with van der Waals surface area (Å²) in [5.41, 5.74) is 3.49. The second-order valence-corrected chi connectivity index (χ2v) is 5.31. The van der Waals surface area contributed by atoms with Crippen LogP contribution in [0.15, 0.2) is 48.5 Å². The van der Waals surface area contributed by atoms with Crippen molar-refractivity contribution in [3.63, 3.8) is 0 Å². The van der Waals surface area contributed by atoms with Crippen molar-refractivity contribution >= 4 is 17.5 Å². The summed E-state index contributed by atoms with van der Waals surface area (Å²) < 4.78 is 0. The number of aryl methyl sites for hydroxylation is 1. The van der Waals surface area contributed by atoms with Gasteiger partial charge in [0.05, 0.1) is 6.04 Å². The van der Waals surface area contributed by atoms with Crippen LogP contribution in [-0.2, 0) is 4.79 Å². The zero-order chi connectivity index (χ0) is 16.1. The van der Waals surface area contributed by atoms with Gasteiger partial charge in [-0.1, -0.05) is 24.3 Å². The highest BCUT2D eigenvalue weighted by molar-refractivity contribution is 5.95. The fourth-order valence-electron chi connectivity index (χ4n) is 2.34. The van der Waals surface area contributed by atoms with Crippen molar-refractivity contribution in [3.05, 3.63) is 65.2 Å². The highest BCUT2D eigenvalue weighted by Gasteiger charge is 2.12. The molecule has 2 N–H and O–H groups in total. The highest BCUT2D eigenvalue weighted by atomic mass is 16.2. The predicted octanol–water partition coefficient (Wildman–Crippen LogP) is 3.44. The number of carbonyl (C=O) groups is 2. The van der Waals surface area contributed by atoms with Gasteiger partial charge in [-0.15, -0.1) is 0 Å². The van der Waals surface area contributed by atoms with E-state index in [-0.39, 0.29) is 17.9 Å². The molecule has 4 nitrogen and oxygen atoms in total. The Kier molecular flexibility index (Phi) is 4.94. The molecule has 0 fully saturated rings. The average molecular weight is 296 g/mol. The first-order valence-corrected chi connectivity index (χ1v) is 7.21. The average Bonchev–Trinajstić information content (AvgIpc) is 2.47. The van der Waals surface area contributed by atoms with Crippen LogP contribution >= 0.6 is 0 Å². The van der Waals surface area contributed by atoms with Crippen LogP contribution < -0.4 is 10.6 Å². The van der Waals surface area contributed by atoms with E-state index in [1.165, 1.54) is 6.92 Å². The molecule has 1 atom stereocenters. The third-order valence-electron chi connectivity index (χ3n) is 3.47. The summed E-state index contributed by atoms with van der Waals surface area (Å²) in [7, 11) is 0. The second-order valence-electron chi connectivity index (χ2n) is 5.31. The summed E-state index contributed by atoms with van der Waals surface area (Å²) in [6, 6.07) is 14.8. The number of amides is 2. The number of nitrogens with one attached hydrogen (secondary N) is 2. The highest BCUT2D eigenvalue weighted by Crippen LogP contribution is 2.17. The van der Waals surface area contributed by atoms with Gasteiger partial charge < -0.3 is 10.6 Å². The van der Waals surface area contributed by atoms with Gasteiger partial charge in [-0.05, 0) is 49.2 Å². The lowest BCUT2D eigenvalue weighted by Crippen LogP contribution is -2.27. The Balaban J connectivity index is 2.06. The summed E-state index contributed by atoms with van der Waals surface area (Å²) in [4.78, 5) is 23.3. The monoisotopic (exact) mass is 296 g/mol. The van der Waals surface area contributed by atoms with E-state index < -0.39 is 0 Å². The third-order valence-corrected chi connectivity index (χ3v) is 3.47. The summed E-state index contributed by atoms with van der Waals surface area (Å²) in [6.07, 6.45) is 0. The molecule has 0 spiro atoms. The fraction of sp³-hybridized carbons (Fsp3) is 0.222. The van der Waals surface area contributed by atoms with Crippen molar-refractivity contribution in [1.82, 2.24) is 5.32 Å². The van der Waals surface area contributed by atoms with E-state index in [4.69, 9.17) is 0 Å². The van der Waals surface area contributed by atoms with Crippen LogP contribution in [0.5, 0.6) is 0 Å². The van der Waals surface area contributed by atoms with E-state index in [1.54, 1.807) is 24.3 Å². The molecule has 2 rings (SSSR count). The maximum Gasteiger partial charge on any atom is 0.251 e. The molecule has 0 aliphatic heterocycles. The molecule has 0 aliphatic rings. The van der Waals surface area contributed by atoms with Crippen LogP contribution in [0.2, 0.25) is 0 Å². The van der Waals surface area contributed by atoms with E-state index in [1.807, 2.05) is 38.1 Å². The zero-order valence-corrected chi connectivity index (χ0v) is 13.0. The summed E-state index contributed by atoms with van der Waals surface area (Å²) in [6.45, 7) is 5.44. The van der Waals surface area contributed by atoms with Crippen molar-refractivity contribution in [1.29, 1.82) is 0 Å². The number of hydrogen-bond donors (Lipinski definition) is 2. The Bertz CT molecular complexity index is 678. The van der Waals surface area contributed by atoms with E-state index in [0.717, 1.165) is 11.1 Å². The van der Waals surface area contributed by atoms with Crippen molar-refractivity contribution < 1.29 is 9.59 Å². The molecular weight excluding hydrogens is 276 g/mol. The van der Waals surface area contributed by atoms with Gasteiger partial charge in [-0.3, -0.25) is 9.59 Å². The molecule has 114 valence electrons. The van der Waals surface area contributed by atoms with Crippen molar-refractivity contribution in [3.8, 4) is 0 Å². The van der Waals surface area contributed by atoms with Crippen molar-refractivity contribution in [2.24, 2.45) is 0 Å². The van der Waals surface area contributed by atoms with Gasteiger partial charge >= 0.3 is 0 Å². The Morgan fingerprint density at radius 1 is 1.00 bits per heavy atom. The maximum absolute atomic E-state index is 12.3. The molecule has 0 saturated heterocycles. The smallest absolute Gasteiger partial charge is 0.251 e. The quantitative estimate of drug-likeness (QED) is 0.908. The Morgan fingerprint density at radius 3 is 2.23 bits per heavy atom. The SMILES string of the molecule is CC(=O)Nc1ccc(C(=O)N[C@H](C)c2ccccc2C)cc1. The van der Waals surface area contributed by atoms with E-state index >= 15 is 0 Å². The van der Waals surface area contributed by atoms with Crippen LogP contribution in [-0.4, -0.2) is 11.8 Å². The van der Waals surface area contributed by atoms with E-state index in [2.05, 4.69) is 10.6 Å². The van der Waals surface area contributed by atoms with Crippen molar-refractivity contribution in [2.75, 3.05) is 5.32 Å². The van der Waals surface area contributed by atoms with E-state index in [9.17, 15) is 9.59 Å². The molecule has 2 amide bonds. The predicted molar refractivity (Wildman–Crippen MR) is 87.8 cm³/mol. The Hall–Kier alpha value is -2.62. The fourth-order valence-corrected chi connectivity index (χ4v) is 2.34. The number of hydrogen-bond acceptors (Lipinski definition) is 2. The molecular formula is C18H20N2O2. The van der Waals surface area contributed by atoms with Crippen LogP contribution in [0.1, 0.15) is 41.4 Å². The third kappa shape index (κ3) is 3.95. The number of benzene rings is 2. The van der Waals surface area contributed by atoms with Crippen LogP contribution in [0, 0.1) is 6.92 Å². The minimum Gasteiger partial charge on any atom is -0.346 e. The first kappa shape index (κ1) is 15.8. The first-order valence-electron chi connectivity index (χ1n) is 7.21. The molecule has 0 aliphatic carbocycles. The van der Waals surface area contributed by atoms with Gasteiger partial charge in [-0.25, -0.2) is 0 Å². The lowest BCUT2D eigenvalue weighted by atomic mass is 10.0. The normalized spacial score (nSPS) is 11.6. The second kappa shape index (κ2) is 6.89. The topological polar surface area (TPSA) is 58.2 Å². The summed E-state index contributed by atoms with van der Waals surface area (Å²) in [5, 5.41) is 5.66. The molecule has 0 saturated carbocycles. The van der Waals surface area contributed by atoms with Gasteiger partial charge in [0.15, 0.2) is 0 Å². The minimum absolute atomic E-state index is 0.0660. The molecule has 0 bridgehead atoms. The number of carbonyl (C=O) groups excluding carboxylic acids is 2. The molecule has 2 aromatic carbocycles. The summed E-state index contributed by atoms with van der Waals surface area (Å²) in [5.74, 6) is -0.268. The molecule has 0 unspecified atom stereocenters. The van der Waals surface area contributed by atoms with Crippen LogP contribution in [0.25, 0.3) is 0 Å². The number of rotatable bonds is 4. The lowest BCUT2D eigenvalue weighted by molar-refractivity contribution is -0.114. The molecule has 0 heterocycles. The lowest BCUT2D eigenvalue weighted by Gasteiger charge is -2.16. The molecule has 4 heteroatoms. The van der Waals surface area contributed by atoms with Gasteiger partial charge in [0.25, 0.3) is 5.91 Å². The van der Waals surface area contributed by atoms with Crippen LogP contribution in [0.4, 0.5) is 5.69 Å². The molecule has 0 aromatic heterocycles. The maximum atomic E-state index is 12.3. The Morgan fingerprint density at radius 2 is 1.64 bits per heavy atom. The van der Waals surface area contributed by atoms with Gasteiger partial charge in [0.1, 0.15) is 0 Å². The van der Waals surface area contributed by atoms with Gasteiger partial charge in [0, 0.05) is 18.2 Å². The van der Waals surface area contributed by atoms with Crippen LogP contribution in [0.3, 0.4) is 0 Å². The Labute approximate surface area is 130 Å². The van der Waals surface area contributed by atoms with Gasteiger partial charge in [-0.2, -0.15) is 0 Å². The van der Waals surface area contributed by atoms with Crippen molar-refractivity contribution in [2.45, 2.75) is 26.8 Å². The summed E-state index contributed by atoms with van der Waals surface area (Å²) >= 11 is 0. The molecule has 22 heavy (non-hydrogen) atoms. The molecule has 0 radical (unpaired) electrons. The minimum atomic E-state index is -0.134.